The zero-order chi connectivity index (χ0) is 9.26. The molecule has 2 heteroatoms. The summed E-state index contributed by atoms with van der Waals surface area (Å²) in [5, 5.41) is 19.0. The predicted octanol–water partition coefficient (Wildman–Crippen LogP) is 0.897. The van der Waals surface area contributed by atoms with Crippen LogP contribution in [0.15, 0.2) is 24.3 Å². The Kier molecular flexibility index (Phi) is 2.34. The Balaban J connectivity index is 2.29. The average molecular weight is 178 g/mol. The van der Waals surface area contributed by atoms with Gasteiger partial charge in [-0.05, 0) is 24.0 Å². The van der Waals surface area contributed by atoms with Crippen LogP contribution in [0.25, 0.3) is 0 Å². The summed E-state index contributed by atoms with van der Waals surface area (Å²) in [7, 11) is 0. The van der Waals surface area contributed by atoms with Gasteiger partial charge in [-0.15, -0.1) is 0 Å². The van der Waals surface area contributed by atoms with E-state index < -0.39 is 12.2 Å². The van der Waals surface area contributed by atoms with Crippen LogP contribution in [0.1, 0.15) is 17.5 Å². The van der Waals surface area contributed by atoms with Crippen LogP contribution in [0.5, 0.6) is 0 Å². The number of hydrogen-bond acceptors (Lipinski definition) is 2. The number of aliphatic hydroxyl groups is 2. The topological polar surface area (TPSA) is 40.5 Å². The second kappa shape index (κ2) is 3.48. The van der Waals surface area contributed by atoms with Crippen LogP contribution in [-0.4, -0.2) is 22.4 Å². The number of rotatable bonds is 0. The van der Waals surface area contributed by atoms with E-state index in [1.54, 1.807) is 0 Å². The molecule has 1 aliphatic rings. The van der Waals surface area contributed by atoms with E-state index in [4.69, 9.17) is 0 Å². The van der Waals surface area contributed by atoms with Gasteiger partial charge in [-0.2, -0.15) is 0 Å². The molecule has 1 aromatic rings. The van der Waals surface area contributed by atoms with Crippen molar-refractivity contribution >= 4 is 0 Å². The lowest BCUT2D eigenvalue weighted by Gasteiger charge is -2.13. The molecule has 2 unspecified atom stereocenters. The summed E-state index contributed by atoms with van der Waals surface area (Å²) >= 11 is 0. The first-order valence-electron chi connectivity index (χ1n) is 4.70. The van der Waals surface area contributed by atoms with Crippen LogP contribution < -0.4 is 0 Å². The molecule has 1 aliphatic carbocycles. The second-order valence-corrected chi connectivity index (χ2v) is 3.65. The van der Waals surface area contributed by atoms with Crippen molar-refractivity contribution in [1.29, 1.82) is 0 Å². The third-order valence-corrected chi connectivity index (χ3v) is 2.70. The first-order valence-corrected chi connectivity index (χ1v) is 4.70. The number of hydrogen-bond donors (Lipinski definition) is 2. The van der Waals surface area contributed by atoms with Crippen LogP contribution in [0.3, 0.4) is 0 Å². The maximum Gasteiger partial charge on any atom is 0.0839 e. The van der Waals surface area contributed by atoms with Crippen molar-refractivity contribution in [2.24, 2.45) is 0 Å². The lowest BCUT2D eigenvalue weighted by atomic mass is 10.0. The molecule has 0 aliphatic heterocycles. The van der Waals surface area contributed by atoms with Gasteiger partial charge in [0, 0.05) is 6.42 Å². The molecular formula is C11H14O2. The highest BCUT2D eigenvalue weighted by Gasteiger charge is 2.21. The second-order valence-electron chi connectivity index (χ2n) is 3.65. The SMILES string of the molecule is OC1CCc2ccccc2CC1O. The van der Waals surface area contributed by atoms with Gasteiger partial charge in [0.05, 0.1) is 12.2 Å². The van der Waals surface area contributed by atoms with Gasteiger partial charge in [0.1, 0.15) is 0 Å². The van der Waals surface area contributed by atoms with Gasteiger partial charge < -0.3 is 10.2 Å². The number of aliphatic hydroxyl groups excluding tert-OH is 2. The van der Waals surface area contributed by atoms with E-state index in [0.717, 1.165) is 6.42 Å². The molecule has 0 radical (unpaired) electrons. The lowest BCUT2D eigenvalue weighted by Crippen LogP contribution is -2.26. The van der Waals surface area contributed by atoms with Gasteiger partial charge in [-0.3, -0.25) is 0 Å². The summed E-state index contributed by atoms with van der Waals surface area (Å²) in [4.78, 5) is 0. The minimum atomic E-state index is -0.594. The van der Waals surface area contributed by atoms with Gasteiger partial charge in [-0.1, -0.05) is 24.3 Å². The first-order chi connectivity index (χ1) is 6.27. The van der Waals surface area contributed by atoms with Crippen LogP contribution in [0, 0.1) is 0 Å². The minimum absolute atomic E-state index is 0.563. The summed E-state index contributed by atoms with van der Waals surface area (Å²) in [6.07, 6.45) is 0.959. The molecule has 0 bridgehead atoms. The van der Waals surface area contributed by atoms with Crippen LogP contribution in [-0.2, 0) is 12.8 Å². The largest absolute Gasteiger partial charge is 0.390 e. The van der Waals surface area contributed by atoms with E-state index in [-0.39, 0.29) is 0 Å². The van der Waals surface area contributed by atoms with Crippen molar-refractivity contribution in [2.75, 3.05) is 0 Å². The van der Waals surface area contributed by atoms with Crippen molar-refractivity contribution in [3.05, 3.63) is 35.4 Å². The molecular weight excluding hydrogens is 164 g/mol. The maximum atomic E-state index is 9.55. The molecule has 0 amide bonds. The van der Waals surface area contributed by atoms with Gasteiger partial charge >= 0.3 is 0 Å². The lowest BCUT2D eigenvalue weighted by molar-refractivity contribution is 0.0184. The average Bonchev–Trinajstić information content (AvgIpc) is 2.28. The molecule has 2 nitrogen and oxygen atoms in total. The maximum absolute atomic E-state index is 9.55. The van der Waals surface area contributed by atoms with Crippen LogP contribution >= 0.6 is 0 Å². The molecule has 0 saturated carbocycles. The number of benzene rings is 1. The van der Waals surface area contributed by atoms with E-state index in [9.17, 15) is 10.2 Å². The molecule has 0 heterocycles. The third kappa shape index (κ3) is 1.74. The fourth-order valence-electron chi connectivity index (χ4n) is 1.86. The third-order valence-electron chi connectivity index (χ3n) is 2.70. The molecule has 0 fully saturated rings. The van der Waals surface area contributed by atoms with E-state index in [1.165, 1.54) is 11.1 Å². The molecule has 0 aromatic heterocycles. The highest BCUT2D eigenvalue weighted by molar-refractivity contribution is 5.29. The Morgan fingerprint density at radius 2 is 1.69 bits per heavy atom. The molecule has 2 rings (SSSR count). The normalized spacial score (nSPS) is 27.8. The smallest absolute Gasteiger partial charge is 0.0839 e. The standard InChI is InChI=1S/C11H14O2/c12-10-6-5-8-3-1-2-4-9(8)7-11(10)13/h1-4,10-13H,5-7H2. The quantitative estimate of drug-likeness (QED) is 0.579. The summed E-state index contributed by atoms with van der Waals surface area (Å²) < 4.78 is 0. The molecule has 0 saturated heterocycles. The Bertz CT molecular complexity index is 296. The Hall–Kier alpha value is -0.860. The monoisotopic (exact) mass is 178 g/mol. The highest BCUT2D eigenvalue weighted by Crippen LogP contribution is 2.20. The van der Waals surface area contributed by atoms with Crippen molar-refractivity contribution in [3.8, 4) is 0 Å². The zero-order valence-electron chi connectivity index (χ0n) is 7.48. The van der Waals surface area contributed by atoms with Crippen LogP contribution in [0.2, 0.25) is 0 Å². The minimum Gasteiger partial charge on any atom is -0.390 e. The van der Waals surface area contributed by atoms with E-state index >= 15 is 0 Å². The van der Waals surface area contributed by atoms with Crippen molar-refractivity contribution in [1.82, 2.24) is 0 Å². The van der Waals surface area contributed by atoms with E-state index in [1.807, 2.05) is 18.2 Å². The Morgan fingerprint density at radius 3 is 2.46 bits per heavy atom. The molecule has 0 spiro atoms. The van der Waals surface area contributed by atoms with Crippen LogP contribution in [0.4, 0.5) is 0 Å². The van der Waals surface area contributed by atoms with Gasteiger partial charge in [0.15, 0.2) is 0 Å². The molecule has 70 valence electrons. The summed E-state index contributed by atoms with van der Waals surface area (Å²) in [6.45, 7) is 0. The summed E-state index contributed by atoms with van der Waals surface area (Å²) in [5.41, 5.74) is 2.43. The number of fused-ring (bicyclic) bond motifs is 1. The van der Waals surface area contributed by atoms with Gasteiger partial charge in [0.25, 0.3) is 0 Å². The number of aryl methyl sites for hydroxylation is 1. The molecule has 2 atom stereocenters. The molecule has 1 aromatic carbocycles. The molecule has 2 N–H and O–H groups in total. The Morgan fingerprint density at radius 1 is 1.00 bits per heavy atom. The zero-order valence-corrected chi connectivity index (χ0v) is 7.48. The van der Waals surface area contributed by atoms with Gasteiger partial charge in [-0.25, -0.2) is 0 Å². The van der Waals surface area contributed by atoms with E-state index in [2.05, 4.69) is 6.07 Å². The first kappa shape index (κ1) is 8.73. The highest BCUT2D eigenvalue weighted by atomic mass is 16.3. The van der Waals surface area contributed by atoms with E-state index in [0.29, 0.717) is 12.8 Å². The summed E-state index contributed by atoms with van der Waals surface area (Å²) in [5.74, 6) is 0. The Labute approximate surface area is 77.8 Å². The predicted molar refractivity (Wildman–Crippen MR) is 50.5 cm³/mol. The van der Waals surface area contributed by atoms with Gasteiger partial charge in [0.2, 0.25) is 0 Å². The molecule has 13 heavy (non-hydrogen) atoms. The fourth-order valence-corrected chi connectivity index (χ4v) is 1.86. The van der Waals surface area contributed by atoms with Crippen molar-refractivity contribution in [3.63, 3.8) is 0 Å². The summed E-state index contributed by atoms with van der Waals surface area (Å²) in [6, 6.07) is 8.07. The van der Waals surface area contributed by atoms with Crippen molar-refractivity contribution < 1.29 is 10.2 Å². The van der Waals surface area contributed by atoms with Crippen molar-refractivity contribution in [2.45, 2.75) is 31.5 Å². The fraction of sp³-hybridized carbons (Fsp3) is 0.455.